The van der Waals surface area contributed by atoms with Gasteiger partial charge in [0.2, 0.25) is 0 Å². The summed E-state index contributed by atoms with van der Waals surface area (Å²) in [5.41, 5.74) is 3.80. The normalized spacial score (nSPS) is 13.8. The summed E-state index contributed by atoms with van der Waals surface area (Å²) in [4.78, 5) is 47.2. The number of aromatic nitrogens is 1. The van der Waals surface area contributed by atoms with Crippen molar-refractivity contribution in [3.63, 3.8) is 0 Å². The molecule has 1 N–H and O–H groups in total. The first-order valence-electron chi connectivity index (χ1n) is 20.1. The molecule has 0 bridgehead atoms. The van der Waals surface area contributed by atoms with E-state index < -0.39 is 6.89 Å². The first-order valence-corrected chi connectivity index (χ1v) is 21.9. The summed E-state index contributed by atoms with van der Waals surface area (Å²) >= 11 is 0. The first-order chi connectivity index (χ1) is 29.9. The maximum absolute atomic E-state index is 15.2. The number of methoxy groups -OCH3 is 2. The van der Waals surface area contributed by atoms with Crippen LogP contribution in [0.1, 0.15) is 55.0 Å². The molecule has 8 nitrogen and oxygen atoms in total. The number of hydrogen-bond acceptors (Lipinski definition) is 7. The third kappa shape index (κ3) is 7.19. The Morgan fingerprint density at radius 2 is 1.18 bits per heavy atom. The van der Waals surface area contributed by atoms with Gasteiger partial charge in [0.1, 0.15) is 13.2 Å². The fourth-order valence-corrected chi connectivity index (χ4v) is 13.2. The highest BCUT2D eigenvalue weighted by Gasteiger charge is 2.35. The highest BCUT2D eigenvalue weighted by Crippen LogP contribution is 2.49. The third-order valence-electron chi connectivity index (χ3n) is 11.4. The topological polar surface area (TPSA) is 104 Å². The lowest BCUT2D eigenvalue weighted by molar-refractivity contribution is 0.0981. The lowest BCUT2D eigenvalue weighted by atomic mass is 9.86. The van der Waals surface area contributed by atoms with Crippen molar-refractivity contribution in [3.8, 4) is 11.5 Å². The second kappa shape index (κ2) is 16.8. The molecule has 6 aromatic carbocycles. The second-order valence-corrected chi connectivity index (χ2v) is 18.3. The van der Waals surface area contributed by atoms with Crippen molar-refractivity contribution in [2.45, 2.75) is 12.8 Å². The van der Waals surface area contributed by atoms with E-state index in [9.17, 15) is 9.59 Å². The van der Waals surface area contributed by atoms with Crippen LogP contribution in [0.15, 0.2) is 170 Å². The van der Waals surface area contributed by atoms with E-state index in [1.165, 1.54) is 20.3 Å². The fourth-order valence-electron chi connectivity index (χ4n) is 8.54. The molecule has 1 aromatic heterocycles. The van der Waals surface area contributed by atoms with Gasteiger partial charge >= 0.3 is 0 Å². The van der Waals surface area contributed by atoms with Gasteiger partial charge in [-0.3, -0.25) is 14.4 Å². The van der Waals surface area contributed by atoms with Gasteiger partial charge in [-0.15, -0.1) is 0 Å². The SMILES string of the molecule is COc1cc2c(cc1OC)C(=O)C(CC(CC(=O)c1ccc3[nH]cc(C4=C(c5ccccc5)OCCO4)c3c1)=P(c1ccccc1)(c1ccccc1)c1ccccc1)=CC2=O. The Morgan fingerprint density at radius 1 is 0.639 bits per heavy atom. The number of H-pyrrole nitrogens is 1. The minimum absolute atomic E-state index is 0.00705. The highest BCUT2D eigenvalue weighted by molar-refractivity contribution is 7.95. The molecule has 0 spiro atoms. The molecule has 0 saturated carbocycles. The van der Waals surface area contributed by atoms with Crippen LogP contribution in [-0.2, 0) is 9.47 Å². The Balaban J connectivity index is 1.24. The van der Waals surface area contributed by atoms with Crippen molar-refractivity contribution in [1.82, 2.24) is 4.98 Å². The minimum Gasteiger partial charge on any atom is -0.493 e. The quantitative estimate of drug-likeness (QED) is 0.0969. The van der Waals surface area contributed by atoms with Crippen molar-refractivity contribution in [2.75, 3.05) is 27.4 Å². The van der Waals surface area contributed by atoms with E-state index in [-0.39, 0.29) is 41.3 Å². The van der Waals surface area contributed by atoms with E-state index in [2.05, 4.69) is 41.4 Å². The van der Waals surface area contributed by atoms with Crippen LogP contribution in [0.3, 0.4) is 0 Å². The third-order valence-corrected chi connectivity index (χ3v) is 15.8. The van der Waals surface area contributed by atoms with Gasteiger partial charge in [0.05, 0.1) is 14.2 Å². The molecule has 0 radical (unpaired) electrons. The number of hydrogen-bond donors (Lipinski definition) is 1. The zero-order chi connectivity index (χ0) is 41.9. The minimum atomic E-state index is -2.88. The number of ether oxygens (including phenoxy) is 4. The van der Waals surface area contributed by atoms with Crippen LogP contribution in [0.2, 0.25) is 0 Å². The largest absolute Gasteiger partial charge is 0.493 e. The molecular weight excluding hydrogens is 782 g/mol. The molecule has 2 heterocycles. The van der Waals surface area contributed by atoms with E-state index in [1.54, 1.807) is 12.1 Å². The van der Waals surface area contributed by atoms with Crippen molar-refractivity contribution in [2.24, 2.45) is 0 Å². The average Bonchev–Trinajstić information content (AvgIpc) is 3.75. The van der Waals surface area contributed by atoms with Crippen LogP contribution in [0.25, 0.3) is 22.4 Å². The Hall–Kier alpha value is -7.15. The number of fused-ring (bicyclic) bond motifs is 2. The van der Waals surface area contributed by atoms with Gasteiger partial charge in [-0.2, -0.15) is 0 Å². The maximum atomic E-state index is 15.2. The molecule has 302 valence electrons. The number of nitrogens with one attached hydrogen (secondary N) is 1. The van der Waals surface area contributed by atoms with E-state index in [4.69, 9.17) is 18.9 Å². The number of carbonyl (C=O) groups is 3. The van der Waals surface area contributed by atoms with Crippen LogP contribution >= 0.6 is 6.89 Å². The van der Waals surface area contributed by atoms with Gasteiger partial charge < -0.3 is 23.9 Å². The smallest absolute Gasteiger partial charge is 0.190 e. The summed E-state index contributed by atoms with van der Waals surface area (Å²) in [5, 5.41) is 4.72. The van der Waals surface area contributed by atoms with Crippen LogP contribution in [-0.4, -0.2) is 55.1 Å². The molecule has 9 heteroatoms. The molecule has 0 atom stereocenters. The number of allylic oxidation sites excluding steroid dienone is 2. The zero-order valence-electron chi connectivity index (χ0n) is 33.7. The molecule has 0 saturated heterocycles. The second-order valence-electron chi connectivity index (χ2n) is 14.8. The first kappa shape index (κ1) is 39.3. The van der Waals surface area contributed by atoms with Crippen LogP contribution in [0, 0.1) is 0 Å². The molecule has 0 amide bonds. The summed E-state index contributed by atoms with van der Waals surface area (Å²) in [6.07, 6.45) is 3.39. The summed E-state index contributed by atoms with van der Waals surface area (Å²) in [6, 6.07) is 49.3. The Labute approximate surface area is 354 Å². The van der Waals surface area contributed by atoms with E-state index in [1.807, 2.05) is 109 Å². The summed E-state index contributed by atoms with van der Waals surface area (Å²) < 4.78 is 23.5. The predicted octanol–water partition coefficient (Wildman–Crippen LogP) is 9.19. The molecule has 2 aliphatic rings. The predicted molar refractivity (Wildman–Crippen MR) is 243 cm³/mol. The number of rotatable bonds is 12. The molecule has 0 unspecified atom stereocenters. The molecular formula is C52H42NO7P. The Bertz CT molecular complexity index is 2830. The monoisotopic (exact) mass is 823 g/mol. The Morgan fingerprint density at radius 3 is 1.75 bits per heavy atom. The molecule has 7 aromatic rings. The number of Topliss-reactive ketones (excluding diaryl/α,β-unsaturated/α-hetero) is 2. The zero-order valence-corrected chi connectivity index (χ0v) is 34.6. The summed E-state index contributed by atoms with van der Waals surface area (Å²) in [7, 11) is 2.99. The van der Waals surface area contributed by atoms with E-state index in [0.717, 1.165) is 43.2 Å². The number of aromatic amines is 1. The lowest BCUT2D eigenvalue weighted by Gasteiger charge is -2.34. The van der Waals surface area contributed by atoms with E-state index >= 15 is 4.79 Å². The number of carbonyl (C=O) groups excluding carboxylic acids is 3. The Kier molecular flexibility index (Phi) is 10.9. The standard InChI is InChI=1S/C52H42NO7P/c1-57-48-31-42-43(32-49(48)58-2)50(56)36(29-47(42)55)27-40(61(37-17-9-4-10-18-37,38-19-11-5-12-20-38)39-21-13-6-14-22-39)30-46(54)35-23-24-45-41(28-35)44(33-53-45)52-51(59-25-26-60-52)34-15-7-3-8-16-34/h3-24,28-29,31-33,53H,25-27,30H2,1-2H3. The van der Waals surface area contributed by atoms with Gasteiger partial charge in [-0.1, -0.05) is 121 Å². The maximum Gasteiger partial charge on any atom is 0.190 e. The van der Waals surface area contributed by atoms with Crippen molar-refractivity contribution in [3.05, 3.63) is 197 Å². The van der Waals surface area contributed by atoms with Gasteiger partial charge in [0, 0.05) is 56.9 Å². The lowest BCUT2D eigenvalue weighted by Crippen LogP contribution is -2.32. The molecule has 9 rings (SSSR count). The summed E-state index contributed by atoms with van der Waals surface area (Å²) in [5.74, 6) is 1.20. The average molecular weight is 824 g/mol. The van der Waals surface area contributed by atoms with Gasteiger partial charge in [-0.05, 0) is 70.9 Å². The van der Waals surface area contributed by atoms with Crippen LogP contribution < -0.4 is 25.4 Å². The van der Waals surface area contributed by atoms with Crippen molar-refractivity contribution in [1.29, 1.82) is 0 Å². The molecule has 0 fully saturated rings. The highest BCUT2D eigenvalue weighted by atomic mass is 31.2. The van der Waals surface area contributed by atoms with Crippen LogP contribution in [0.5, 0.6) is 11.5 Å². The van der Waals surface area contributed by atoms with Crippen LogP contribution in [0.4, 0.5) is 0 Å². The van der Waals surface area contributed by atoms with Crippen molar-refractivity contribution < 1.29 is 33.3 Å². The van der Waals surface area contributed by atoms with E-state index in [0.29, 0.717) is 47.4 Å². The number of benzene rings is 6. The van der Waals surface area contributed by atoms with Gasteiger partial charge in [-0.25, -0.2) is 0 Å². The number of ketones is 3. The fraction of sp³-hybridized carbons (Fsp3) is 0.115. The van der Waals surface area contributed by atoms with Gasteiger partial charge in [0.15, 0.2) is 40.4 Å². The van der Waals surface area contributed by atoms with Gasteiger partial charge in [0.25, 0.3) is 0 Å². The molecule has 1 aliphatic carbocycles. The molecule has 1 aliphatic heterocycles. The molecule has 61 heavy (non-hydrogen) atoms. The summed E-state index contributed by atoms with van der Waals surface area (Å²) in [6.45, 7) is -2.06. The van der Waals surface area contributed by atoms with Crippen molar-refractivity contribution >= 4 is 67.9 Å².